The molecule has 3 nitrogen and oxygen atoms in total. The van der Waals surface area contributed by atoms with Gasteiger partial charge < -0.3 is 10.4 Å². The number of hydrogen-bond donors (Lipinski definition) is 2. The van der Waals surface area contributed by atoms with Crippen LogP contribution in [-0.4, -0.2) is 17.6 Å². The quantitative estimate of drug-likeness (QED) is 0.881. The van der Waals surface area contributed by atoms with Crippen molar-refractivity contribution in [2.45, 2.75) is 51.0 Å². The molecule has 1 atom stereocenters. The summed E-state index contributed by atoms with van der Waals surface area (Å²) in [4.78, 5) is 13.5. The Kier molecular flexibility index (Phi) is 4.07. The van der Waals surface area contributed by atoms with Crippen LogP contribution in [0.3, 0.4) is 0 Å². The number of amides is 1. The highest BCUT2D eigenvalue weighted by atomic mass is 32.1. The third kappa shape index (κ3) is 2.75. The van der Waals surface area contributed by atoms with Crippen LogP contribution in [0, 0.1) is 0 Å². The van der Waals surface area contributed by atoms with Crippen molar-refractivity contribution >= 4 is 17.2 Å². The van der Waals surface area contributed by atoms with Crippen molar-refractivity contribution in [1.82, 2.24) is 5.32 Å². The molecule has 1 aromatic heterocycles. The predicted molar refractivity (Wildman–Crippen MR) is 73.8 cm³/mol. The molecule has 1 amide bonds. The minimum absolute atomic E-state index is 0.0357. The molecule has 2 N–H and O–H groups in total. The lowest BCUT2D eigenvalue weighted by Gasteiger charge is -2.28. The fourth-order valence-corrected chi connectivity index (χ4v) is 3.91. The summed E-state index contributed by atoms with van der Waals surface area (Å²) in [5.74, 6) is 0.0357. The lowest BCUT2D eigenvalue weighted by atomic mass is 9.84. The van der Waals surface area contributed by atoms with Gasteiger partial charge in [-0.05, 0) is 31.9 Å². The van der Waals surface area contributed by atoms with E-state index in [1.807, 2.05) is 6.07 Å². The van der Waals surface area contributed by atoms with E-state index in [4.69, 9.17) is 0 Å². The monoisotopic (exact) mass is 267 g/mol. The van der Waals surface area contributed by atoms with E-state index < -0.39 is 6.10 Å². The van der Waals surface area contributed by atoms with Crippen LogP contribution in [0.5, 0.6) is 0 Å². The van der Waals surface area contributed by atoms with Gasteiger partial charge in [0.25, 0.3) is 0 Å². The summed E-state index contributed by atoms with van der Waals surface area (Å²) in [6.07, 6.45) is 4.31. The largest absolute Gasteiger partial charge is 0.388 e. The van der Waals surface area contributed by atoms with Crippen LogP contribution in [0.1, 0.15) is 55.4 Å². The minimum Gasteiger partial charge on any atom is -0.388 e. The highest BCUT2D eigenvalue weighted by Gasteiger charge is 2.37. The Hall–Kier alpha value is -0.870. The van der Waals surface area contributed by atoms with E-state index in [9.17, 15) is 9.90 Å². The van der Waals surface area contributed by atoms with Crippen LogP contribution in [0.4, 0.5) is 0 Å². The Balaban J connectivity index is 2.20. The van der Waals surface area contributed by atoms with Gasteiger partial charge in [-0.1, -0.05) is 12.8 Å². The molecule has 0 aliphatic heterocycles. The second kappa shape index (κ2) is 5.41. The van der Waals surface area contributed by atoms with E-state index in [1.165, 1.54) is 17.7 Å². The predicted octanol–water partition coefficient (Wildman–Crippen LogP) is 2.75. The molecule has 1 aromatic rings. The fourth-order valence-electron chi connectivity index (χ4n) is 2.72. The number of carbonyl (C=O) groups excluding carboxylic acids is 1. The number of nitrogens with one attached hydrogen (secondary N) is 1. The summed E-state index contributed by atoms with van der Waals surface area (Å²) in [6, 6.07) is 4.14. The second-order valence-electron chi connectivity index (χ2n) is 5.28. The fraction of sp³-hybridized carbons (Fsp3) is 0.643. The van der Waals surface area contributed by atoms with Crippen molar-refractivity contribution in [3.63, 3.8) is 0 Å². The minimum atomic E-state index is -0.400. The Morgan fingerprint density at radius 1 is 1.50 bits per heavy atom. The molecule has 1 unspecified atom stereocenters. The van der Waals surface area contributed by atoms with Crippen LogP contribution in [0.15, 0.2) is 12.1 Å². The first kappa shape index (κ1) is 13.6. The van der Waals surface area contributed by atoms with Crippen molar-refractivity contribution < 1.29 is 9.90 Å². The van der Waals surface area contributed by atoms with Gasteiger partial charge >= 0.3 is 0 Å². The van der Waals surface area contributed by atoms with Gasteiger partial charge in [-0.15, -0.1) is 11.3 Å². The van der Waals surface area contributed by atoms with Crippen molar-refractivity contribution in [3.05, 3.63) is 21.9 Å². The van der Waals surface area contributed by atoms with Gasteiger partial charge in [0.05, 0.1) is 6.10 Å². The van der Waals surface area contributed by atoms with E-state index in [0.29, 0.717) is 0 Å². The van der Waals surface area contributed by atoms with E-state index in [1.54, 1.807) is 25.2 Å². The Bertz CT molecular complexity index is 419. The topological polar surface area (TPSA) is 49.3 Å². The van der Waals surface area contributed by atoms with Gasteiger partial charge in [-0.25, -0.2) is 0 Å². The summed E-state index contributed by atoms with van der Waals surface area (Å²) in [5, 5.41) is 12.6. The van der Waals surface area contributed by atoms with E-state index in [-0.39, 0.29) is 11.3 Å². The average molecular weight is 267 g/mol. The zero-order chi connectivity index (χ0) is 13.2. The summed E-state index contributed by atoms with van der Waals surface area (Å²) in [7, 11) is 0. The Labute approximate surface area is 112 Å². The summed E-state index contributed by atoms with van der Waals surface area (Å²) in [6.45, 7) is 4.09. The third-order valence-corrected chi connectivity index (χ3v) is 5.30. The van der Waals surface area contributed by atoms with Crippen LogP contribution in [0.2, 0.25) is 0 Å². The number of hydrogen-bond acceptors (Lipinski definition) is 3. The molecule has 18 heavy (non-hydrogen) atoms. The first-order chi connectivity index (χ1) is 8.53. The molecule has 0 aromatic carbocycles. The third-order valence-electron chi connectivity index (χ3n) is 3.80. The Morgan fingerprint density at radius 3 is 2.67 bits per heavy atom. The van der Waals surface area contributed by atoms with Crippen molar-refractivity contribution in [2.75, 3.05) is 6.54 Å². The normalized spacial score (nSPS) is 19.7. The second-order valence-corrected chi connectivity index (χ2v) is 6.39. The molecule has 0 bridgehead atoms. The molecule has 0 radical (unpaired) electrons. The first-order valence-corrected chi connectivity index (χ1v) is 7.38. The maximum Gasteiger partial charge on any atom is 0.216 e. The van der Waals surface area contributed by atoms with Crippen LogP contribution >= 0.6 is 11.3 Å². The smallest absolute Gasteiger partial charge is 0.216 e. The molecule has 1 saturated carbocycles. The van der Waals surface area contributed by atoms with Gasteiger partial charge in [0.15, 0.2) is 0 Å². The lowest BCUT2D eigenvalue weighted by Crippen LogP contribution is -2.37. The molecule has 2 rings (SSSR count). The Morgan fingerprint density at radius 2 is 2.17 bits per heavy atom. The van der Waals surface area contributed by atoms with Gasteiger partial charge in [0, 0.05) is 28.6 Å². The van der Waals surface area contributed by atoms with Crippen LogP contribution < -0.4 is 5.32 Å². The molecule has 1 aliphatic rings. The van der Waals surface area contributed by atoms with Gasteiger partial charge in [0.1, 0.15) is 0 Å². The van der Waals surface area contributed by atoms with Crippen LogP contribution in [0.25, 0.3) is 0 Å². The van der Waals surface area contributed by atoms with Crippen LogP contribution in [-0.2, 0) is 10.2 Å². The highest BCUT2D eigenvalue weighted by molar-refractivity contribution is 7.12. The lowest BCUT2D eigenvalue weighted by molar-refractivity contribution is -0.119. The highest BCUT2D eigenvalue weighted by Crippen LogP contribution is 2.44. The molecule has 0 saturated heterocycles. The van der Waals surface area contributed by atoms with Crippen molar-refractivity contribution in [2.24, 2.45) is 0 Å². The van der Waals surface area contributed by atoms with Gasteiger partial charge in [-0.3, -0.25) is 4.79 Å². The first-order valence-electron chi connectivity index (χ1n) is 6.56. The molecular formula is C14H21NO2S. The molecular weight excluding hydrogens is 246 g/mol. The molecule has 1 heterocycles. The van der Waals surface area contributed by atoms with E-state index >= 15 is 0 Å². The zero-order valence-corrected chi connectivity index (χ0v) is 11.8. The van der Waals surface area contributed by atoms with E-state index in [2.05, 4.69) is 11.4 Å². The summed E-state index contributed by atoms with van der Waals surface area (Å²) < 4.78 is 0. The molecule has 4 heteroatoms. The maximum atomic E-state index is 11.1. The number of thiophene rings is 1. The summed E-state index contributed by atoms with van der Waals surface area (Å²) in [5.41, 5.74) is 0.101. The number of rotatable bonds is 4. The van der Waals surface area contributed by atoms with E-state index in [0.717, 1.165) is 24.3 Å². The average Bonchev–Trinajstić information content (AvgIpc) is 2.96. The standard InChI is InChI=1S/C14H21NO2S/c1-10(16)12-5-6-13(18-12)14(7-3-4-8-14)9-15-11(2)17/h5-6,10,16H,3-4,7-9H2,1-2H3,(H,15,17). The van der Waals surface area contributed by atoms with Crippen molar-refractivity contribution in [3.8, 4) is 0 Å². The zero-order valence-electron chi connectivity index (χ0n) is 11.0. The number of aliphatic hydroxyl groups is 1. The summed E-state index contributed by atoms with van der Waals surface area (Å²) >= 11 is 1.69. The molecule has 1 fully saturated rings. The molecule has 100 valence electrons. The van der Waals surface area contributed by atoms with Gasteiger partial charge in [0.2, 0.25) is 5.91 Å². The molecule has 1 aliphatic carbocycles. The number of carbonyl (C=O) groups is 1. The molecule has 0 spiro atoms. The van der Waals surface area contributed by atoms with Gasteiger partial charge in [-0.2, -0.15) is 0 Å². The maximum absolute atomic E-state index is 11.1. The SMILES string of the molecule is CC(=O)NCC1(c2ccc(C(C)O)s2)CCCC1. The number of aliphatic hydroxyl groups excluding tert-OH is 1. The van der Waals surface area contributed by atoms with Crippen molar-refractivity contribution in [1.29, 1.82) is 0 Å².